The number of anilines is 2. The molecule has 1 heterocycles. The van der Waals surface area contributed by atoms with Crippen molar-refractivity contribution in [3.05, 3.63) is 54.1 Å². The van der Waals surface area contributed by atoms with Crippen molar-refractivity contribution in [3.63, 3.8) is 0 Å². The largest absolute Gasteiger partial charge is 0.326 e. The van der Waals surface area contributed by atoms with Crippen LogP contribution in [0.25, 0.3) is 0 Å². The lowest BCUT2D eigenvalue weighted by Gasteiger charge is -2.23. The number of carbonyl (C=O) groups is 2. The molecule has 2 aromatic rings. The van der Waals surface area contributed by atoms with Gasteiger partial charge in [-0.1, -0.05) is 18.2 Å². The first-order chi connectivity index (χ1) is 13.3. The summed E-state index contributed by atoms with van der Waals surface area (Å²) in [6.07, 6.45) is 1.10. The molecule has 0 aromatic heterocycles. The molecule has 1 atom stereocenters. The van der Waals surface area contributed by atoms with E-state index < -0.39 is 16.1 Å². The van der Waals surface area contributed by atoms with Crippen molar-refractivity contribution in [2.24, 2.45) is 0 Å². The Morgan fingerprint density at radius 3 is 2.43 bits per heavy atom. The average Bonchev–Trinajstić information content (AvgIpc) is 3.15. The monoisotopic (exact) mass is 401 g/mol. The number of hydrogen-bond acceptors (Lipinski definition) is 4. The van der Waals surface area contributed by atoms with Gasteiger partial charge in [-0.05, 0) is 55.7 Å². The minimum Gasteiger partial charge on any atom is -0.326 e. The quantitative estimate of drug-likeness (QED) is 0.805. The third-order valence-corrected chi connectivity index (χ3v) is 6.58. The second kappa shape index (κ2) is 8.12. The maximum atomic E-state index is 12.9. The molecule has 3 rings (SSSR count). The van der Waals surface area contributed by atoms with E-state index in [1.807, 2.05) is 6.92 Å². The van der Waals surface area contributed by atoms with Gasteiger partial charge in [0.15, 0.2) is 0 Å². The molecule has 2 aromatic carbocycles. The highest BCUT2D eigenvalue weighted by atomic mass is 32.2. The fourth-order valence-corrected chi connectivity index (χ4v) is 4.99. The smallest absolute Gasteiger partial charge is 0.243 e. The van der Waals surface area contributed by atoms with Gasteiger partial charge in [0.2, 0.25) is 21.8 Å². The van der Waals surface area contributed by atoms with Crippen LogP contribution in [-0.2, 0) is 19.6 Å². The minimum atomic E-state index is -3.73. The second-order valence-corrected chi connectivity index (χ2v) is 8.68. The highest BCUT2D eigenvalue weighted by molar-refractivity contribution is 7.89. The van der Waals surface area contributed by atoms with Gasteiger partial charge in [0.25, 0.3) is 0 Å². The maximum Gasteiger partial charge on any atom is 0.243 e. The zero-order chi connectivity index (χ0) is 20.3. The molecule has 8 heteroatoms. The zero-order valence-electron chi connectivity index (χ0n) is 15.8. The fraction of sp³-hybridized carbons (Fsp3) is 0.300. The van der Waals surface area contributed by atoms with E-state index in [1.54, 1.807) is 36.4 Å². The Hall–Kier alpha value is -2.71. The number of hydrogen-bond donors (Lipinski definition) is 2. The van der Waals surface area contributed by atoms with Gasteiger partial charge in [-0.15, -0.1) is 0 Å². The SMILES string of the molecule is CC(=O)Nc1ccc(NC(=O)C2CCCN2S(=O)(=O)c2ccccc2)cc1C. The van der Waals surface area contributed by atoms with Crippen LogP contribution in [0.1, 0.15) is 25.3 Å². The van der Waals surface area contributed by atoms with E-state index in [0.29, 0.717) is 30.8 Å². The lowest BCUT2D eigenvalue weighted by Crippen LogP contribution is -2.43. The molecule has 2 amide bonds. The lowest BCUT2D eigenvalue weighted by atomic mass is 10.1. The molecule has 0 spiro atoms. The first-order valence-corrected chi connectivity index (χ1v) is 10.5. The van der Waals surface area contributed by atoms with Gasteiger partial charge in [0.05, 0.1) is 4.90 Å². The number of nitrogens with one attached hydrogen (secondary N) is 2. The van der Waals surface area contributed by atoms with Gasteiger partial charge in [0, 0.05) is 24.8 Å². The summed E-state index contributed by atoms with van der Waals surface area (Å²) in [5.41, 5.74) is 2.02. The number of amides is 2. The Labute approximate surface area is 164 Å². The standard InChI is InChI=1S/C20H23N3O4S/c1-14-13-16(10-11-18(14)21-15(2)24)22-20(25)19-9-6-12-23(19)28(26,27)17-7-4-3-5-8-17/h3-5,7-8,10-11,13,19H,6,9,12H2,1-2H3,(H,21,24)(H,22,25). The molecule has 0 radical (unpaired) electrons. The molecule has 28 heavy (non-hydrogen) atoms. The number of benzene rings is 2. The summed E-state index contributed by atoms with van der Waals surface area (Å²) in [6, 6.07) is 12.5. The molecule has 1 aliphatic heterocycles. The van der Waals surface area contributed by atoms with Crippen LogP contribution < -0.4 is 10.6 Å². The van der Waals surface area contributed by atoms with Crippen molar-refractivity contribution in [3.8, 4) is 0 Å². The summed E-state index contributed by atoms with van der Waals surface area (Å²) in [5.74, 6) is -0.531. The van der Waals surface area contributed by atoms with Crippen molar-refractivity contribution < 1.29 is 18.0 Å². The van der Waals surface area contributed by atoms with Crippen LogP contribution in [0.5, 0.6) is 0 Å². The minimum absolute atomic E-state index is 0.174. The highest BCUT2D eigenvalue weighted by Gasteiger charge is 2.39. The van der Waals surface area contributed by atoms with Crippen molar-refractivity contribution >= 4 is 33.2 Å². The Morgan fingerprint density at radius 1 is 1.07 bits per heavy atom. The molecular formula is C20H23N3O4S. The first-order valence-electron chi connectivity index (χ1n) is 9.05. The van der Waals surface area contributed by atoms with Crippen LogP contribution in [0.2, 0.25) is 0 Å². The number of nitrogens with zero attached hydrogens (tertiary/aromatic N) is 1. The molecule has 1 fully saturated rings. The van der Waals surface area contributed by atoms with E-state index in [0.717, 1.165) is 5.56 Å². The lowest BCUT2D eigenvalue weighted by molar-refractivity contribution is -0.119. The predicted molar refractivity (Wildman–Crippen MR) is 107 cm³/mol. The average molecular weight is 401 g/mol. The van der Waals surface area contributed by atoms with E-state index in [1.165, 1.54) is 23.4 Å². The molecule has 1 saturated heterocycles. The molecule has 0 bridgehead atoms. The molecule has 1 aliphatic rings. The molecule has 7 nitrogen and oxygen atoms in total. The molecule has 148 valence electrons. The summed E-state index contributed by atoms with van der Waals surface area (Å²) < 4.78 is 27.1. The van der Waals surface area contributed by atoms with Crippen LogP contribution in [0.4, 0.5) is 11.4 Å². The summed E-state index contributed by atoms with van der Waals surface area (Å²) in [6.45, 7) is 3.56. The molecule has 0 aliphatic carbocycles. The van der Waals surface area contributed by atoms with Crippen molar-refractivity contribution in [2.45, 2.75) is 37.6 Å². The highest BCUT2D eigenvalue weighted by Crippen LogP contribution is 2.27. The van der Waals surface area contributed by atoms with Crippen molar-refractivity contribution in [2.75, 3.05) is 17.2 Å². The summed E-state index contributed by atoms with van der Waals surface area (Å²) in [4.78, 5) is 24.2. The van der Waals surface area contributed by atoms with Gasteiger partial charge in [-0.2, -0.15) is 4.31 Å². The fourth-order valence-electron chi connectivity index (χ4n) is 3.31. The van der Waals surface area contributed by atoms with E-state index in [4.69, 9.17) is 0 Å². The normalized spacial score (nSPS) is 17.3. The van der Waals surface area contributed by atoms with Crippen LogP contribution in [0.3, 0.4) is 0 Å². The summed E-state index contributed by atoms with van der Waals surface area (Å²) in [7, 11) is -3.73. The van der Waals surface area contributed by atoms with Crippen LogP contribution in [0.15, 0.2) is 53.4 Å². The maximum absolute atomic E-state index is 12.9. The molecule has 1 unspecified atom stereocenters. The molecular weight excluding hydrogens is 378 g/mol. The molecule has 0 saturated carbocycles. The predicted octanol–water partition coefficient (Wildman–Crippen LogP) is 2.75. The first kappa shape index (κ1) is 20.0. The van der Waals surface area contributed by atoms with Gasteiger partial charge in [0.1, 0.15) is 6.04 Å². The second-order valence-electron chi connectivity index (χ2n) is 6.79. The zero-order valence-corrected chi connectivity index (χ0v) is 16.6. The Morgan fingerprint density at radius 2 is 1.79 bits per heavy atom. The van der Waals surface area contributed by atoms with E-state index in [-0.39, 0.29) is 16.7 Å². The summed E-state index contributed by atoms with van der Waals surface area (Å²) in [5, 5.41) is 5.52. The number of aryl methyl sites for hydroxylation is 1. The Kier molecular flexibility index (Phi) is 5.81. The van der Waals surface area contributed by atoms with E-state index >= 15 is 0 Å². The third kappa shape index (κ3) is 4.23. The van der Waals surface area contributed by atoms with E-state index in [2.05, 4.69) is 10.6 Å². The van der Waals surface area contributed by atoms with E-state index in [9.17, 15) is 18.0 Å². The number of carbonyl (C=O) groups excluding carboxylic acids is 2. The van der Waals surface area contributed by atoms with Gasteiger partial charge in [-0.25, -0.2) is 8.42 Å². The topological polar surface area (TPSA) is 95.6 Å². The third-order valence-electron chi connectivity index (χ3n) is 4.66. The van der Waals surface area contributed by atoms with Crippen LogP contribution >= 0.6 is 0 Å². The summed E-state index contributed by atoms with van der Waals surface area (Å²) >= 11 is 0. The van der Waals surface area contributed by atoms with Crippen molar-refractivity contribution in [1.82, 2.24) is 4.31 Å². The number of rotatable bonds is 5. The Balaban J connectivity index is 1.77. The van der Waals surface area contributed by atoms with Crippen LogP contribution in [-0.4, -0.2) is 37.1 Å². The number of sulfonamides is 1. The van der Waals surface area contributed by atoms with Crippen molar-refractivity contribution in [1.29, 1.82) is 0 Å². The van der Waals surface area contributed by atoms with Gasteiger partial charge < -0.3 is 10.6 Å². The molecule has 2 N–H and O–H groups in total. The van der Waals surface area contributed by atoms with Gasteiger partial charge in [-0.3, -0.25) is 9.59 Å². The Bertz CT molecular complexity index is 990. The van der Waals surface area contributed by atoms with Gasteiger partial charge >= 0.3 is 0 Å². The van der Waals surface area contributed by atoms with Crippen LogP contribution in [0, 0.1) is 6.92 Å².